The van der Waals surface area contributed by atoms with Gasteiger partial charge < -0.3 is 15.5 Å². The molecule has 2 atom stereocenters. The van der Waals surface area contributed by atoms with Gasteiger partial charge in [-0.1, -0.05) is 0 Å². The molecule has 1 saturated heterocycles. The summed E-state index contributed by atoms with van der Waals surface area (Å²) in [5.74, 6) is 0.943. The monoisotopic (exact) mass is 312 g/mol. The fraction of sp³-hybridized carbons (Fsp3) is 0.867. The second kappa shape index (κ2) is 8.51. The Bertz CT molecular complexity index is 369. The van der Waals surface area contributed by atoms with Crippen LogP contribution in [0.1, 0.15) is 38.5 Å². The van der Waals surface area contributed by atoms with Crippen molar-refractivity contribution in [3.63, 3.8) is 0 Å². The molecule has 2 fully saturated rings. The maximum atomic E-state index is 12.1. The predicted octanol–water partition coefficient (Wildman–Crippen LogP) is 1.45. The molecule has 0 bridgehead atoms. The molecule has 5 nitrogen and oxygen atoms in total. The highest BCUT2D eigenvalue weighted by Crippen LogP contribution is 2.27. The van der Waals surface area contributed by atoms with Crippen LogP contribution in [-0.2, 0) is 4.79 Å². The van der Waals surface area contributed by atoms with Crippen molar-refractivity contribution in [2.75, 3.05) is 32.9 Å². The van der Waals surface area contributed by atoms with Gasteiger partial charge in [-0.05, 0) is 44.8 Å². The first kappa shape index (κ1) is 16.5. The van der Waals surface area contributed by atoms with E-state index in [9.17, 15) is 4.79 Å². The first-order valence-corrected chi connectivity index (χ1v) is 9.29. The fourth-order valence-electron chi connectivity index (χ4n) is 3.09. The number of guanidine groups is 1. The van der Waals surface area contributed by atoms with Crippen LogP contribution in [0.15, 0.2) is 4.99 Å². The number of rotatable bonds is 4. The molecule has 2 N–H and O–H groups in total. The Hall–Kier alpha value is -0.910. The van der Waals surface area contributed by atoms with Crippen LogP contribution in [0.3, 0.4) is 0 Å². The summed E-state index contributed by atoms with van der Waals surface area (Å²) in [4.78, 5) is 18.3. The van der Waals surface area contributed by atoms with E-state index >= 15 is 0 Å². The lowest BCUT2D eigenvalue weighted by Gasteiger charge is -2.27. The lowest BCUT2D eigenvalue weighted by Crippen LogP contribution is -2.48. The Morgan fingerprint density at radius 3 is 2.67 bits per heavy atom. The molecule has 1 heterocycles. The van der Waals surface area contributed by atoms with Crippen LogP contribution in [0.4, 0.5) is 0 Å². The Balaban J connectivity index is 1.71. The van der Waals surface area contributed by atoms with Crippen LogP contribution in [0, 0.1) is 0 Å². The molecule has 2 rings (SSSR count). The molecule has 1 saturated carbocycles. The maximum Gasteiger partial charge on any atom is 0.241 e. The molecule has 0 spiro atoms. The topological polar surface area (TPSA) is 56.7 Å². The summed E-state index contributed by atoms with van der Waals surface area (Å²) in [6, 6.07) is 0.485. The third-order valence-electron chi connectivity index (χ3n) is 4.40. The van der Waals surface area contributed by atoms with E-state index in [4.69, 9.17) is 0 Å². The highest BCUT2D eigenvalue weighted by atomic mass is 32.2. The van der Waals surface area contributed by atoms with E-state index in [1.54, 1.807) is 7.05 Å². The van der Waals surface area contributed by atoms with Gasteiger partial charge in [0.2, 0.25) is 5.91 Å². The normalized spacial score (nSPS) is 26.8. The van der Waals surface area contributed by atoms with Crippen LogP contribution >= 0.6 is 11.8 Å². The molecule has 0 aromatic rings. The lowest BCUT2D eigenvalue weighted by atomic mass is 10.1. The van der Waals surface area contributed by atoms with Crippen molar-refractivity contribution < 1.29 is 4.79 Å². The summed E-state index contributed by atoms with van der Waals surface area (Å²) in [6.07, 6.45) is 9.33. The number of piperidine rings is 1. The molecule has 1 amide bonds. The summed E-state index contributed by atoms with van der Waals surface area (Å²) in [7, 11) is 1.77. The van der Waals surface area contributed by atoms with Crippen LogP contribution in [0.2, 0.25) is 0 Å². The van der Waals surface area contributed by atoms with Gasteiger partial charge in [-0.3, -0.25) is 9.79 Å². The van der Waals surface area contributed by atoms with Crippen molar-refractivity contribution in [1.29, 1.82) is 0 Å². The zero-order valence-corrected chi connectivity index (χ0v) is 14.0. The number of hydrogen-bond acceptors (Lipinski definition) is 3. The van der Waals surface area contributed by atoms with Gasteiger partial charge in [-0.15, -0.1) is 0 Å². The molecule has 120 valence electrons. The van der Waals surface area contributed by atoms with Crippen molar-refractivity contribution in [3.8, 4) is 0 Å². The van der Waals surface area contributed by atoms with Crippen molar-refractivity contribution in [3.05, 3.63) is 0 Å². The molecule has 21 heavy (non-hydrogen) atoms. The van der Waals surface area contributed by atoms with Gasteiger partial charge in [0, 0.05) is 31.4 Å². The number of aliphatic imine (C=N–C) groups is 1. The van der Waals surface area contributed by atoms with E-state index in [-0.39, 0.29) is 5.91 Å². The number of thioether (sulfide) groups is 1. The molecule has 0 radical (unpaired) electrons. The van der Waals surface area contributed by atoms with E-state index in [0.717, 1.165) is 37.1 Å². The third kappa shape index (κ3) is 5.09. The number of likely N-dealkylation sites (tertiary alicyclic amines) is 1. The van der Waals surface area contributed by atoms with Crippen LogP contribution in [0.5, 0.6) is 0 Å². The molecular formula is C15H28N4OS. The van der Waals surface area contributed by atoms with E-state index in [2.05, 4.69) is 21.9 Å². The predicted molar refractivity (Wildman–Crippen MR) is 89.9 cm³/mol. The Morgan fingerprint density at radius 2 is 2.05 bits per heavy atom. The fourth-order valence-corrected chi connectivity index (χ4v) is 3.88. The number of nitrogens with zero attached hydrogens (tertiary/aromatic N) is 2. The quantitative estimate of drug-likeness (QED) is 0.609. The van der Waals surface area contributed by atoms with Gasteiger partial charge in [-0.2, -0.15) is 11.8 Å². The molecule has 2 aliphatic rings. The minimum Gasteiger partial charge on any atom is -0.354 e. The minimum absolute atomic E-state index is 0.186. The van der Waals surface area contributed by atoms with Gasteiger partial charge in [0.1, 0.15) is 0 Å². The smallest absolute Gasteiger partial charge is 0.241 e. The third-order valence-corrected chi connectivity index (χ3v) is 5.49. The second-order valence-electron chi connectivity index (χ2n) is 5.88. The molecule has 6 heteroatoms. The molecular weight excluding hydrogens is 284 g/mol. The van der Waals surface area contributed by atoms with Crippen molar-refractivity contribution in [1.82, 2.24) is 15.5 Å². The number of hydrogen-bond donors (Lipinski definition) is 2. The Morgan fingerprint density at radius 1 is 1.29 bits per heavy atom. The largest absolute Gasteiger partial charge is 0.354 e. The summed E-state index contributed by atoms with van der Waals surface area (Å²) >= 11 is 1.95. The summed E-state index contributed by atoms with van der Waals surface area (Å²) in [6.45, 7) is 2.16. The molecule has 0 aromatic carbocycles. The number of nitrogens with one attached hydrogen (secondary N) is 2. The molecule has 1 aliphatic carbocycles. The Labute approximate surface area is 132 Å². The van der Waals surface area contributed by atoms with Crippen LogP contribution in [-0.4, -0.2) is 61.0 Å². The summed E-state index contributed by atoms with van der Waals surface area (Å²) in [5.41, 5.74) is 0. The molecule has 2 unspecified atom stereocenters. The first-order chi connectivity index (χ1) is 10.2. The van der Waals surface area contributed by atoms with Crippen molar-refractivity contribution in [2.45, 2.75) is 49.8 Å². The minimum atomic E-state index is 0.186. The SMILES string of the molecule is CN=C(NCC(=O)N1CCCCC1)NC1CCC(SC)C1. The van der Waals surface area contributed by atoms with Gasteiger partial charge in [-0.25, -0.2) is 0 Å². The molecule has 0 aromatic heterocycles. The first-order valence-electron chi connectivity index (χ1n) is 8.00. The molecule has 1 aliphatic heterocycles. The van der Waals surface area contributed by atoms with E-state index in [1.165, 1.54) is 25.7 Å². The highest BCUT2D eigenvalue weighted by Gasteiger charge is 2.24. The van der Waals surface area contributed by atoms with E-state index < -0.39 is 0 Å². The van der Waals surface area contributed by atoms with Gasteiger partial charge in [0.15, 0.2) is 5.96 Å². The van der Waals surface area contributed by atoms with Crippen molar-refractivity contribution >= 4 is 23.6 Å². The average Bonchev–Trinajstić information content (AvgIpc) is 2.99. The second-order valence-corrected chi connectivity index (χ2v) is 7.02. The van der Waals surface area contributed by atoms with E-state index in [1.807, 2.05) is 16.7 Å². The van der Waals surface area contributed by atoms with Crippen LogP contribution in [0.25, 0.3) is 0 Å². The van der Waals surface area contributed by atoms with Gasteiger partial charge in [0.05, 0.1) is 6.54 Å². The maximum absolute atomic E-state index is 12.1. The highest BCUT2D eigenvalue weighted by molar-refractivity contribution is 7.99. The number of carbonyl (C=O) groups excluding carboxylic acids is 1. The zero-order valence-electron chi connectivity index (χ0n) is 13.2. The zero-order chi connectivity index (χ0) is 15.1. The van der Waals surface area contributed by atoms with Crippen molar-refractivity contribution in [2.24, 2.45) is 4.99 Å². The standard InChI is InChI=1S/C15H28N4OS/c1-16-15(18-12-6-7-13(10-12)21-2)17-11-14(20)19-8-4-3-5-9-19/h12-13H,3-11H2,1-2H3,(H2,16,17,18). The van der Waals surface area contributed by atoms with Crippen LogP contribution < -0.4 is 10.6 Å². The Kier molecular flexibility index (Phi) is 6.67. The average molecular weight is 312 g/mol. The van der Waals surface area contributed by atoms with E-state index in [0.29, 0.717) is 12.6 Å². The number of amides is 1. The van der Waals surface area contributed by atoms with Gasteiger partial charge in [0.25, 0.3) is 0 Å². The van der Waals surface area contributed by atoms with Gasteiger partial charge >= 0.3 is 0 Å². The number of carbonyl (C=O) groups is 1. The summed E-state index contributed by atoms with van der Waals surface area (Å²) in [5, 5.41) is 7.37. The lowest BCUT2D eigenvalue weighted by molar-refractivity contribution is -0.130. The summed E-state index contributed by atoms with van der Waals surface area (Å²) < 4.78 is 0.